The third-order valence-corrected chi connectivity index (χ3v) is 5.93. The molecule has 10 heteroatoms. The minimum atomic E-state index is -3.63. The van der Waals surface area contributed by atoms with Gasteiger partial charge in [0, 0.05) is 36.5 Å². The normalized spacial score (nSPS) is 12.8. The number of sulfonamides is 2. The van der Waals surface area contributed by atoms with Crippen molar-refractivity contribution < 1.29 is 16.8 Å². The zero-order chi connectivity index (χ0) is 16.1. The van der Waals surface area contributed by atoms with E-state index < -0.39 is 20.0 Å². The van der Waals surface area contributed by atoms with E-state index in [4.69, 9.17) is 0 Å². The zero-order valence-electron chi connectivity index (χ0n) is 11.8. The summed E-state index contributed by atoms with van der Waals surface area (Å²) < 4.78 is 51.0. The topological polar surface area (TPSA) is 96.4 Å². The van der Waals surface area contributed by atoms with Gasteiger partial charge in [-0.1, -0.05) is 6.92 Å². The summed E-state index contributed by atoms with van der Waals surface area (Å²) in [6.07, 6.45) is 4.27. The van der Waals surface area contributed by atoms with Crippen molar-refractivity contribution >= 4 is 36.0 Å². The molecule has 1 rings (SSSR count). The highest BCUT2D eigenvalue weighted by Crippen LogP contribution is 2.13. The van der Waals surface area contributed by atoms with Crippen LogP contribution in [-0.4, -0.2) is 52.0 Å². The molecule has 120 valence electrons. The van der Waals surface area contributed by atoms with E-state index in [0.717, 1.165) is 6.26 Å². The van der Waals surface area contributed by atoms with Gasteiger partial charge in [0.2, 0.25) is 20.0 Å². The Morgan fingerprint density at radius 2 is 1.95 bits per heavy atom. The van der Waals surface area contributed by atoms with Crippen molar-refractivity contribution in [1.82, 2.24) is 14.0 Å². The molecule has 0 aliphatic heterocycles. The third kappa shape index (κ3) is 5.99. The SMILES string of the molecule is CCN(CCCNS(=O)(=O)c1cncc(Br)c1)S(C)(=O)=O. The fourth-order valence-corrected chi connectivity index (χ4v) is 4.15. The second kappa shape index (κ2) is 7.63. The quantitative estimate of drug-likeness (QED) is 0.651. The molecule has 7 nitrogen and oxygen atoms in total. The predicted octanol–water partition coefficient (Wildman–Crippen LogP) is 0.794. The first-order valence-electron chi connectivity index (χ1n) is 6.22. The van der Waals surface area contributed by atoms with Crippen LogP contribution < -0.4 is 4.72 Å². The molecule has 0 saturated carbocycles. The molecular formula is C11H18BrN3O4S2. The van der Waals surface area contributed by atoms with Gasteiger partial charge in [-0.3, -0.25) is 4.98 Å². The Morgan fingerprint density at radius 1 is 1.29 bits per heavy atom. The maximum atomic E-state index is 12.0. The first-order valence-corrected chi connectivity index (χ1v) is 10.3. The van der Waals surface area contributed by atoms with Gasteiger partial charge in [0.15, 0.2) is 0 Å². The summed E-state index contributed by atoms with van der Waals surface area (Å²) in [6.45, 7) is 2.52. The predicted molar refractivity (Wildman–Crippen MR) is 83.8 cm³/mol. The summed E-state index contributed by atoms with van der Waals surface area (Å²) in [5.74, 6) is 0. The molecule has 0 radical (unpaired) electrons. The van der Waals surface area contributed by atoms with Crippen LogP contribution in [0.5, 0.6) is 0 Å². The van der Waals surface area contributed by atoms with E-state index in [1.165, 1.54) is 22.8 Å². The van der Waals surface area contributed by atoms with E-state index in [1.807, 2.05) is 0 Å². The van der Waals surface area contributed by atoms with Gasteiger partial charge in [0.25, 0.3) is 0 Å². The molecule has 0 aliphatic carbocycles. The number of halogens is 1. The Kier molecular flexibility index (Phi) is 6.72. The van der Waals surface area contributed by atoms with Crippen LogP contribution in [0.2, 0.25) is 0 Å². The molecule has 1 aromatic rings. The molecule has 0 unspecified atom stereocenters. The Hall–Kier alpha value is -0.550. The maximum absolute atomic E-state index is 12.0. The first kappa shape index (κ1) is 18.5. The van der Waals surface area contributed by atoms with Gasteiger partial charge in [-0.05, 0) is 28.4 Å². The number of hydrogen-bond donors (Lipinski definition) is 1. The summed E-state index contributed by atoms with van der Waals surface area (Å²) in [4.78, 5) is 3.86. The van der Waals surface area contributed by atoms with Crippen molar-refractivity contribution in [2.24, 2.45) is 0 Å². The van der Waals surface area contributed by atoms with Gasteiger partial charge in [-0.25, -0.2) is 25.9 Å². The van der Waals surface area contributed by atoms with Gasteiger partial charge >= 0.3 is 0 Å². The van der Waals surface area contributed by atoms with Crippen LogP contribution >= 0.6 is 15.9 Å². The molecule has 0 fully saturated rings. The molecule has 0 aliphatic rings. The molecular weight excluding hydrogens is 382 g/mol. The lowest BCUT2D eigenvalue weighted by Gasteiger charge is -2.17. The van der Waals surface area contributed by atoms with Gasteiger partial charge in [0.05, 0.1) is 6.26 Å². The molecule has 0 amide bonds. The Bertz CT molecular complexity index is 676. The largest absolute Gasteiger partial charge is 0.262 e. The highest BCUT2D eigenvalue weighted by atomic mass is 79.9. The Balaban J connectivity index is 2.56. The van der Waals surface area contributed by atoms with Crippen molar-refractivity contribution in [3.05, 3.63) is 22.9 Å². The summed E-state index contributed by atoms with van der Waals surface area (Å²) in [6, 6.07) is 1.45. The summed E-state index contributed by atoms with van der Waals surface area (Å²) in [7, 11) is -6.88. The fourth-order valence-electron chi connectivity index (χ4n) is 1.64. The van der Waals surface area contributed by atoms with Crippen molar-refractivity contribution in [2.45, 2.75) is 18.2 Å². The zero-order valence-corrected chi connectivity index (χ0v) is 15.0. The van der Waals surface area contributed by atoms with Crippen molar-refractivity contribution in [3.8, 4) is 0 Å². The van der Waals surface area contributed by atoms with E-state index in [9.17, 15) is 16.8 Å². The Morgan fingerprint density at radius 3 is 2.48 bits per heavy atom. The van der Waals surface area contributed by atoms with Crippen molar-refractivity contribution in [3.63, 3.8) is 0 Å². The Labute approximate surface area is 134 Å². The second-order valence-electron chi connectivity index (χ2n) is 4.34. The summed E-state index contributed by atoms with van der Waals surface area (Å²) >= 11 is 3.16. The third-order valence-electron chi connectivity index (χ3n) is 2.69. The van der Waals surface area contributed by atoms with Gasteiger partial charge < -0.3 is 0 Å². The molecule has 0 saturated heterocycles. The lowest BCUT2D eigenvalue weighted by atomic mass is 10.4. The van der Waals surface area contributed by atoms with Crippen LogP contribution in [0, 0.1) is 0 Å². The van der Waals surface area contributed by atoms with E-state index >= 15 is 0 Å². The molecule has 1 heterocycles. The van der Waals surface area contributed by atoms with Crippen molar-refractivity contribution in [1.29, 1.82) is 0 Å². The minimum absolute atomic E-state index is 0.0623. The molecule has 0 aromatic carbocycles. The van der Waals surface area contributed by atoms with Crippen LogP contribution in [0.25, 0.3) is 0 Å². The highest BCUT2D eigenvalue weighted by molar-refractivity contribution is 9.10. The number of hydrogen-bond acceptors (Lipinski definition) is 5. The van der Waals surface area contributed by atoms with Crippen LogP contribution in [0.1, 0.15) is 13.3 Å². The van der Waals surface area contributed by atoms with Crippen LogP contribution in [0.15, 0.2) is 27.8 Å². The monoisotopic (exact) mass is 399 g/mol. The number of nitrogens with one attached hydrogen (secondary N) is 1. The molecule has 21 heavy (non-hydrogen) atoms. The van der Waals surface area contributed by atoms with E-state index in [0.29, 0.717) is 17.4 Å². The molecule has 0 bridgehead atoms. The van der Waals surface area contributed by atoms with Crippen molar-refractivity contribution in [2.75, 3.05) is 25.9 Å². The lowest BCUT2D eigenvalue weighted by Crippen LogP contribution is -2.33. The average molecular weight is 400 g/mol. The highest BCUT2D eigenvalue weighted by Gasteiger charge is 2.16. The minimum Gasteiger partial charge on any atom is -0.262 e. The molecule has 0 atom stereocenters. The molecule has 1 N–H and O–H groups in total. The number of rotatable bonds is 8. The smallest absolute Gasteiger partial charge is 0.242 e. The van der Waals surface area contributed by atoms with E-state index in [2.05, 4.69) is 25.6 Å². The molecule has 1 aromatic heterocycles. The number of aromatic nitrogens is 1. The number of pyridine rings is 1. The lowest BCUT2D eigenvalue weighted by molar-refractivity contribution is 0.424. The van der Waals surface area contributed by atoms with Crippen LogP contribution in [-0.2, 0) is 20.0 Å². The fraction of sp³-hybridized carbons (Fsp3) is 0.545. The maximum Gasteiger partial charge on any atom is 0.242 e. The van der Waals surface area contributed by atoms with Gasteiger partial charge in [0.1, 0.15) is 4.90 Å². The second-order valence-corrected chi connectivity index (χ2v) is 9.01. The average Bonchev–Trinajstić information content (AvgIpc) is 2.37. The van der Waals surface area contributed by atoms with E-state index in [1.54, 1.807) is 6.92 Å². The summed E-state index contributed by atoms with van der Waals surface area (Å²) in [5, 5.41) is 0. The van der Waals surface area contributed by atoms with E-state index in [-0.39, 0.29) is 18.0 Å². The van der Waals surface area contributed by atoms with Crippen LogP contribution in [0.4, 0.5) is 0 Å². The summed E-state index contributed by atoms with van der Waals surface area (Å²) in [5.41, 5.74) is 0. The molecule has 0 spiro atoms. The first-order chi connectivity index (χ1) is 9.66. The van der Waals surface area contributed by atoms with Crippen LogP contribution in [0.3, 0.4) is 0 Å². The standard InChI is InChI=1S/C11H18BrN3O4S2/c1-3-15(20(2,16)17)6-4-5-14-21(18,19)11-7-10(12)8-13-9-11/h7-9,14H,3-6H2,1-2H3. The van der Waals surface area contributed by atoms with Gasteiger partial charge in [-0.2, -0.15) is 0 Å². The number of nitrogens with zero attached hydrogens (tertiary/aromatic N) is 2. The van der Waals surface area contributed by atoms with Gasteiger partial charge in [-0.15, -0.1) is 0 Å².